The van der Waals surface area contributed by atoms with E-state index < -0.39 is 0 Å². The van der Waals surface area contributed by atoms with Gasteiger partial charge in [-0.15, -0.1) is 11.3 Å². The molecule has 7 heteroatoms. The number of piperidine rings is 1. The van der Waals surface area contributed by atoms with Crippen molar-refractivity contribution in [3.05, 3.63) is 51.6 Å². The predicted molar refractivity (Wildman–Crippen MR) is 98.5 cm³/mol. The number of aryl methyl sites for hydroxylation is 2. The van der Waals surface area contributed by atoms with Crippen molar-refractivity contribution in [3.63, 3.8) is 0 Å². The fourth-order valence-electron chi connectivity index (χ4n) is 3.47. The number of halogens is 1. The number of hydrogen-bond acceptors (Lipinski definition) is 6. The molecule has 1 saturated heterocycles. The van der Waals surface area contributed by atoms with Crippen LogP contribution in [0, 0.1) is 19.7 Å². The molecule has 2 aromatic heterocycles. The van der Waals surface area contributed by atoms with Gasteiger partial charge >= 0.3 is 0 Å². The number of benzene rings is 1. The van der Waals surface area contributed by atoms with Crippen LogP contribution in [0.5, 0.6) is 0 Å². The fourth-order valence-corrected chi connectivity index (χ4v) is 4.45. The Balaban J connectivity index is 1.47. The van der Waals surface area contributed by atoms with Gasteiger partial charge in [-0.05, 0) is 45.4 Å². The molecular weight excluding hydrogens is 351 g/mol. The van der Waals surface area contributed by atoms with Crippen molar-refractivity contribution in [2.75, 3.05) is 13.1 Å². The van der Waals surface area contributed by atoms with Crippen LogP contribution in [-0.2, 0) is 6.54 Å². The monoisotopic (exact) mass is 372 g/mol. The van der Waals surface area contributed by atoms with Crippen LogP contribution in [0.4, 0.5) is 4.39 Å². The maximum absolute atomic E-state index is 13.4. The lowest BCUT2D eigenvalue weighted by Gasteiger charge is -2.30. The molecule has 0 aliphatic carbocycles. The first-order chi connectivity index (χ1) is 12.6. The highest BCUT2D eigenvalue weighted by molar-refractivity contribution is 7.11. The van der Waals surface area contributed by atoms with Crippen molar-refractivity contribution in [1.82, 2.24) is 20.0 Å². The normalized spacial score (nSPS) is 18.3. The molecule has 1 unspecified atom stereocenters. The van der Waals surface area contributed by atoms with Crippen LogP contribution < -0.4 is 0 Å². The van der Waals surface area contributed by atoms with E-state index in [1.165, 1.54) is 17.0 Å². The standard InChI is InChI=1S/C19H21FN4OS/c1-12-17(26-13(2)21-12)11-24-8-4-6-15(10-24)19-22-18(23-25-19)14-5-3-7-16(20)9-14/h3,5,7,9,15H,4,6,8,10-11H2,1-2H3. The molecule has 1 atom stereocenters. The average Bonchev–Trinajstić information content (AvgIpc) is 3.22. The third-order valence-corrected chi connectivity index (χ3v) is 5.80. The van der Waals surface area contributed by atoms with Crippen molar-refractivity contribution in [2.24, 2.45) is 0 Å². The minimum absolute atomic E-state index is 0.216. The van der Waals surface area contributed by atoms with Gasteiger partial charge in [0.1, 0.15) is 5.82 Å². The molecule has 0 bridgehead atoms. The number of thiazole rings is 1. The molecule has 0 radical (unpaired) electrons. The van der Waals surface area contributed by atoms with Gasteiger partial charge in [0.25, 0.3) is 0 Å². The first kappa shape index (κ1) is 17.3. The van der Waals surface area contributed by atoms with Gasteiger partial charge in [0.2, 0.25) is 11.7 Å². The quantitative estimate of drug-likeness (QED) is 0.682. The third kappa shape index (κ3) is 3.68. The van der Waals surface area contributed by atoms with Gasteiger partial charge in [-0.1, -0.05) is 17.3 Å². The first-order valence-electron chi connectivity index (χ1n) is 8.83. The molecule has 3 aromatic rings. The summed E-state index contributed by atoms with van der Waals surface area (Å²) in [7, 11) is 0. The molecule has 3 heterocycles. The van der Waals surface area contributed by atoms with Crippen molar-refractivity contribution in [3.8, 4) is 11.4 Å². The summed E-state index contributed by atoms with van der Waals surface area (Å²) >= 11 is 1.77. The lowest BCUT2D eigenvalue weighted by Crippen LogP contribution is -2.34. The van der Waals surface area contributed by atoms with Crippen LogP contribution >= 0.6 is 11.3 Å². The Hall–Kier alpha value is -2.12. The molecule has 0 amide bonds. The van der Waals surface area contributed by atoms with Gasteiger partial charge < -0.3 is 4.52 Å². The molecule has 1 aliphatic heterocycles. The number of nitrogens with zero attached hydrogens (tertiary/aromatic N) is 4. The maximum Gasteiger partial charge on any atom is 0.231 e. The van der Waals surface area contributed by atoms with Crippen LogP contribution in [0.2, 0.25) is 0 Å². The summed E-state index contributed by atoms with van der Waals surface area (Å²) in [5.74, 6) is 1.01. The summed E-state index contributed by atoms with van der Waals surface area (Å²) in [6, 6.07) is 6.28. The number of rotatable bonds is 4. The van der Waals surface area contributed by atoms with E-state index in [2.05, 4.69) is 26.9 Å². The number of hydrogen-bond donors (Lipinski definition) is 0. The van der Waals surface area contributed by atoms with E-state index in [1.807, 2.05) is 6.92 Å². The van der Waals surface area contributed by atoms with Crippen LogP contribution in [0.25, 0.3) is 11.4 Å². The van der Waals surface area contributed by atoms with E-state index >= 15 is 0 Å². The number of likely N-dealkylation sites (tertiary alicyclic amines) is 1. The molecule has 5 nitrogen and oxygen atoms in total. The second-order valence-electron chi connectivity index (χ2n) is 6.78. The van der Waals surface area contributed by atoms with Crippen molar-refractivity contribution >= 4 is 11.3 Å². The summed E-state index contributed by atoms with van der Waals surface area (Å²) in [5, 5.41) is 5.16. The Bertz CT molecular complexity index is 907. The van der Waals surface area contributed by atoms with E-state index in [-0.39, 0.29) is 11.7 Å². The van der Waals surface area contributed by atoms with Crippen molar-refractivity contribution in [1.29, 1.82) is 0 Å². The first-order valence-corrected chi connectivity index (χ1v) is 9.65. The van der Waals surface area contributed by atoms with Gasteiger partial charge in [0.05, 0.1) is 16.6 Å². The van der Waals surface area contributed by atoms with Gasteiger partial charge in [-0.2, -0.15) is 4.98 Å². The molecule has 26 heavy (non-hydrogen) atoms. The van der Waals surface area contributed by atoms with E-state index in [9.17, 15) is 4.39 Å². The predicted octanol–water partition coefficient (Wildman–Crippen LogP) is 4.33. The maximum atomic E-state index is 13.4. The minimum atomic E-state index is -0.298. The minimum Gasteiger partial charge on any atom is -0.339 e. The molecule has 1 aromatic carbocycles. The smallest absolute Gasteiger partial charge is 0.231 e. The van der Waals surface area contributed by atoms with Gasteiger partial charge in [0.15, 0.2) is 0 Å². The van der Waals surface area contributed by atoms with Gasteiger partial charge in [-0.25, -0.2) is 9.37 Å². The zero-order chi connectivity index (χ0) is 18.1. The van der Waals surface area contributed by atoms with Crippen LogP contribution in [0.15, 0.2) is 28.8 Å². The van der Waals surface area contributed by atoms with Crippen molar-refractivity contribution < 1.29 is 8.91 Å². The van der Waals surface area contributed by atoms with Crippen LogP contribution in [-0.4, -0.2) is 33.1 Å². The Labute approximate surface area is 155 Å². The van der Waals surface area contributed by atoms with E-state index in [4.69, 9.17) is 4.52 Å². The summed E-state index contributed by atoms with van der Waals surface area (Å²) in [6.07, 6.45) is 2.13. The summed E-state index contributed by atoms with van der Waals surface area (Å²) < 4.78 is 18.9. The molecule has 0 spiro atoms. The van der Waals surface area contributed by atoms with E-state index in [1.54, 1.807) is 23.5 Å². The molecular formula is C19H21FN4OS. The third-order valence-electron chi connectivity index (χ3n) is 4.75. The largest absolute Gasteiger partial charge is 0.339 e. The molecule has 0 saturated carbocycles. The second-order valence-corrected chi connectivity index (χ2v) is 8.07. The molecule has 136 valence electrons. The lowest BCUT2D eigenvalue weighted by atomic mass is 9.98. The Morgan fingerprint density at radius 2 is 2.19 bits per heavy atom. The highest BCUT2D eigenvalue weighted by Crippen LogP contribution is 2.29. The highest BCUT2D eigenvalue weighted by Gasteiger charge is 2.27. The molecule has 4 rings (SSSR count). The second kappa shape index (κ2) is 7.25. The highest BCUT2D eigenvalue weighted by atomic mass is 32.1. The van der Waals surface area contributed by atoms with Gasteiger partial charge in [-0.3, -0.25) is 4.90 Å². The number of aromatic nitrogens is 3. The SMILES string of the molecule is Cc1nc(C)c(CN2CCCC(c3nc(-c4cccc(F)c4)no3)C2)s1. The van der Waals surface area contributed by atoms with E-state index in [0.29, 0.717) is 17.3 Å². The lowest BCUT2D eigenvalue weighted by molar-refractivity contribution is 0.181. The molecule has 0 N–H and O–H groups in total. The van der Waals surface area contributed by atoms with Crippen LogP contribution in [0.3, 0.4) is 0 Å². The Morgan fingerprint density at radius 1 is 1.31 bits per heavy atom. The fraction of sp³-hybridized carbons (Fsp3) is 0.421. The summed E-state index contributed by atoms with van der Waals surface area (Å²) in [4.78, 5) is 12.8. The Kier molecular flexibility index (Phi) is 4.82. The van der Waals surface area contributed by atoms with E-state index in [0.717, 1.165) is 43.2 Å². The summed E-state index contributed by atoms with van der Waals surface area (Å²) in [5.41, 5.74) is 1.77. The summed E-state index contributed by atoms with van der Waals surface area (Å²) in [6.45, 7) is 6.99. The Morgan fingerprint density at radius 3 is 2.96 bits per heavy atom. The van der Waals surface area contributed by atoms with Gasteiger partial charge in [0, 0.05) is 23.5 Å². The van der Waals surface area contributed by atoms with Crippen molar-refractivity contribution in [2.45, 2.75) is 39.2 Å². The average molecular weight is 372 g/mol. The molecule has 1 aliphatic rings. The molecule has 1 fully saturated rings. The van der Waals surface area contributed by atoms with Crippen LogP contribution in [0.1, 0.15) is 40.2 Å². The zero-order valence-corrected chi connectivity index (χ0v) is 15.7. The topological polar surface area (TPSA) is 55.1 Å². The zero-order valence-electron chi connectivity index (χ0n) is 14.9.